The molecule has 0 unspecified atom stereocenters. The molecule has 1 heterocycles. The van der Waals surface area contributed by atoms with E-state index in [1.165, 1.54) is 6.07 Å². The lowest BCUT2D eigenvalue weighted by molar-refractivity contribution is -0.137. The molecule has 0 aliphatic carbocycles. The molecular formula is C21H20BrFN4O2. The van der Waals surface area contributed by atoms with Crippen LogP contribution in [0.1, 0.15) is 30.4 Å². The number of hydrogen-bond acceptors (Lipinski definition) is 5. The maximum Gasteiger partial charge on any atom is 0.303 e. The Balaban J connectivity index is 1.86. The minimum atomic E-state index is -0.838. The molecule has 0 aromatic heterocycles. The van der Waals surface area contributed by atoms with Crippen LogP contribution in [-0.2, 0) is 4.79 Å². The summed E-state index contributed by atoms with van der Waals surface area (Å²) in [7, 11) is 0. The molecular weight excluding hydrogens is 439 g/mol. The topological polar surface area (TPSA) is 86.4 Å². The Morgan fingerprint density at radius 3 is 2.69 bits per heavy atom. The van der Waals surface area contributed by atoms with E-state index < -0.39 is 11.8 Å². The molecule has 6 nitrogen and oxygen atoms in total. The van der Waals surface area contributed by atoms with E-state index in [9.17, 15) is 9.18 Å². The van der Waals surface area contributed by atoms with Gasteiger partial charge in [-0.3, -0.25) is 15.2 Å². The number of aliphatic carboxylic acids is 1. The Labute approximate surface area is 176 Å². The summed E-state index contributed by atoms with van der Waals surface area (Å²) in [4.78, 5) is 19.7. The van der Waals surface area contributed by atoms with Gasteiger partial charge in [-0.05, 0) is 18.9 Å². The van der Waals surface area contributed by atoms with Crippen LogP contribution in [0, 0.1) is 5.82 Å². The van der Waals surface area contributed by atoms with E-state index in [4.69, 9.17) is 5.11 Å². The maximum absolute atomic E-state index is 14.5. The number of halogens is 2. The quantitative estimate of drug-likeness (QED) is 0.368. The summed E-state index contributed by atoms with van der Waals surface area (Å²) in [6.07, 6.45) is 1.10. The third-order valence-corrected chi connectivity index (χ3v) is 4.92. The van der Waals surface area contributed by atoms with Crippen LogP contribution in [0.5, 0.6) is 0 Å². The first-order chi connectivity index (χ1) is 14.1. The van der Waals surface area contributed by atoms with E-state index >= 15 is 0 Å². The van der Waals surface area contributed by atoms with Gasteiger partial charge < -0.3 is 5.11 Å². The molecule has 2 aromatic carbocycles. The molecule has 0 saturated heterocycles. The maximum atomic E-state index is 14.5. The van der Waals surface area contributed by atoms with Crippen LogP contribution in [0.4, 0.5) is 10.1 Å². The zero-order chi connectivity index (χ0) is 20.6. The predicted octanol–water partition coefficient (Wildman–Crippen LogP) is 4.30. The van der Waals surface area contributed by atoms with E-state index in [0.717, 1.165) is 11.3 Å². The normalized spacial score (nSPS) is 13.8. The number of aliphatic imine (C=N–C) groups is 2. The Hall–Kier alpha value is -2.87. The number of benzene rings is 2. The van der Waals surface area contributed by atoms with Crippen LogP contribution < -0.4 is 5.43 Å². The number of hydrogen-bond donors (Lipinski definition) is 2. The highest BCUT2D eigenvalue weighted by Gasteiger charge is 2.18. The van der Waals surface area contributed by atoms with Gasteiger partial charge in [-0.2, -0.15) is 5.10 Å². The fourth-order valence-corrected chi connectivity index (χ4v) is 3.28. The lowest BCUT2D eigenvalue weighted by Crippen LogP contribution is -2.23. The molecule has 0 fully saturated rings. The van der Waals surface area contributed by atoms with Crippen molar-refractivity contribution < 1.29 is 14.3 Å². The Morgan fingerprint density at radius 1 is 1.17 bits per heavy atom. The molecule has 29 heavy (non-hydrogen) atoms. The Bertz CT molecular complexity index is 974. The van der Waals surface area contributed by atoms with Crippen molar-refractivity contribution in [1.82, 2.24) is 5.43 Å². The Morgan fingerprint density at radius 2 is 1.97 bits per heavy atom. The summed E-state index contributed by atoms with van der Waals surface area (Å²) in [5.41, 5.74) is 6.03. The number of para-hydroxylation sites is 1. The molecule has 1 aliphatic rings. The van der Waals surface area contributed by atoms with Crippen molar-refractivity contribution in [3.63, 3.8) is 0 Å². The van der Waals surface area contributed by atoms with Gasteiger partial charge in [0, 0.05) is 28.6 Å². The van der Waals surface area contributed by atoms with Gasteiger partial charge in [0.15, 0.2) is 0 Å². The Kier molecular flexibility index (Phi) is 7.24. The number of nitrogens with one attached hydrogen (secondary N) is 1. The lowest BCUT2D eigenvalue weighted by Gasteiger charge is -2.08. The third kappa shape index (κ3) is 5.57. The monoisotopic (exact) mass is 458 g/mol. The zero-order valence-corrected chi connectivity index (χ0v) is 17.2. The van der Waals surface area contributed by atoms with Gasteiger partial charge in [0.05, 0.1) is 12.3 Å². The smallest absolute Gasteiger partial charge is 0.303 e. The molecule has 0 saturated carbocycles. The highest BCUT2D eigenvalue weighted by Crippen LogP contribution is 2.28. The van der Waals surface area contributed by atoms with Crippen LogP contribution in [0.2, 0.25) is 0 Å². The summed E-state index contributed by atoms with van der Waals surface area (Å²) in [5.74, 6) is -0.854. The second kappa shape index (κ2) is 10.1. The molecule has 8 heteroatoms. The van der Waals surface area contributed by atoms with E-state index in [-0.39, 0.29) is 18.7 Å². The number of hydrazone groups is 1. The summed E-state index contributed by atoms with van der Waals surface area (Å²) in [6.45, 7) is 0.215. The van der Waals surface area contributed by atoms with Crippen LogP contribution in [0.3, 0.4) is 0 Å². The first-order valence-corrected chi connectivity index (χ1v) is 10.3. The SMILES string of the molecule is O=C(O)CCCC(CBr)=NNC1=Nc2c(F)cccc2C(c2ccccc2)=NC1. The number of carboxylic acids is 1. The second-order valence-electron chi connectivity index (χ2n) is 6.40. The molecule has 3 rings (SSSR count). The molecule has 1 aliphatic heterocycles. The molecule has 150 valence electrons. The van der Waals surface area contributed by atoms with E-state index in [1.54, 1.807) is 12.1 Å². The van der Waals surface area contributed by atoms with Crippen molar-refractivity contribution in [1.29, 1.82) is 0 Å². The van der Waals surface area contributed by atoms with E-state index in [2.05, 4.69) is 36.4 Å². The summed E-state index contributed by atoms with van der Waals surface area (Å²) < 4.78 is 14.5. The van der Waals surface area contributed by atoms with Crippen LogP contribution in [0.15, 0.2) is 63.6 Å². The van der Waals surface area contributed by atoms with Gasteiger partial charge in [0.1, 0.15) is 17.3 Å². The number of rotatable bonds is 7. The van der Waals surface area contributed by atoms with Crippen molar-refractivity contribution in [3.8, 4) is 0 Å². The molecule has 0 spiro atoms. The van der Waals surface area contributed by atoms with Gasteiger partial charge in [0.2, 0.25) is 0 Å². The average molecular weight is 459 g/mol. The summed E-state index contributed by atoms with van der Waals surface area (Å²) in [5, 5.41) is 13.6. The largest absolute Gasteiger partial charge is 0.481 e. The number of fused-ring (bicyclic) bond motifs is 1. The number of carbonyl (C=O) groups is 1. The minimum Gasteiger partial charge on any atom is -0.481 e. The van der Waals surface area contributed by atoms with Crippen LogP contribution in [0.25, 0.3) is 0 Å². The highest BCUT2D eigenvalue weighted by molar-refractivity contribution is 9.09. The number of nitrogens with zero attached hydrogens (tertiary/aromatic N) is 3. The highest BCUT2D eigenvalue weighted by atomic mass is 79.9. The number of carboxylic acid groups (broad SMARTS) is 1. The van der Waals surface area contributed by atoms with Gasteiger partial charge in [-0.1, -0.05) is 58.4 Å². The minimum absolute atomic E-state index is 0.0796. The first-order valence-electron chi connectivity index (χ1n) is 9.14. The standard InChI is InChI=1S/C21H20BrFN4O2/c22-12-15(8-4-11-19(28)29)26-27-18-13-24-20(14-6-2-1-3-7-14)16-9-5-10-17(23)21(16)25-18/h1-3,5-7,9-10H,4,8,11-13H2,(H,25,27)(H,28,29). The van der Waals surface area contributed by atoms with Gasteiger partial charge in [-0.15, -0.1) is 0 Å². The average Bonchev–Trinajstić information content (AvgIpc) is 2.91. The number of alkyl halides is 1. The fourth-order valence-electron chi connectivity index (χ4n) is 2.87. The van der Waals surface area contributed by atoms with Crippen molar-refractivity contribution in [2.75, 3.05) is 11.9 Å². The molecule has 0 amide bonds. The van der Waals surface area contributed by atoms with E-state index in [0.29, 0.717) is 35.3 Å². The number of amidine groups is 1. The third-order valence-electron chi connectivity index (χ3n) is 4.28. The summed E-state index contributed by atoms with van der Waals surface area (Å²) in [6, 6.07) is 14.4. The summed E-state index contributed by atoms with van der Waals surface area (Å²) >= 11 is 3.36. The predicted molar refractivity (Wildman–Crippen MR) is 116 cm³/mol. The van der Waals surface area contributed by atoms with Crippen molar-refractivity contribution in [2.45, 2.75) is 19.3 Å². The molecule has 0 bridgehead atoms. The molecule has 0 radical (unpaired) electrons. The zero-order valence-electron chi connectivity index (χ0n) is 15.6. The lowest BCUT2D eigenvalue weighted by atomic mass is 10.0. The van der Waals surface area contributed by atoms with Crippen LogP contribution >= 0.6 is 15.9 Å². The van der Waals surface area contributed by atoms with Gasteiger partial charge in [-0.25, -0.2) is 9.38 Å². The van der Waals surface area contributed by atoms with Crippen molar-refractivity contribution in [2.24, 2.45) is 15.1 Å². The molecule has 2 aromatic rings. The van der Waals surface area contributed by atoms with E-state index in [1.807, 2.05) is 30.3 Å². The molecule has 0 atom stereocenters. The second-order valence-corrected chi connectivity index (χ2v) is 6.96. The molecule has 2 N–H and O–H groups in total. The van der Waals surface area contributed by atoms with Gasteiger partial charge >= 0.3 is 5.97 Å². The van der Waals surface area contributed by atoms with Crippen molar-refractivity contribution >= 4 is 44.8 Å². The van der Waals surface area contributed by atoms with Gasteiger partial charge in [0.25, 0.3) is 0 Å². The fraction of sp³-hybridized carbons (Fsp3) is 0.238. The first kappa shape index (κ1) is 20.9. The van der Waals surface area contributed by atoms with Crippen LogP contribution in [-0.4, -0.2) is 40.2 Å². The van der Waals surface area contributed by atoms with Crippen molar-refractivity contribution in [3.05, 3.63) is 65.5 Å².